The van der Waals surface area contributed by atoms with Gasteiger partial charge in [0.25, 0.3) is 0 Å². The predicted molar refractivity (Wildman–Crippen MR) is 156 cm³/mol. The number of ether oxygens (including phenoxy) is 2. The van der Waals surface area contributed by atoms with E-state index in [1.165, 1.54) is 0 Å². The fourth-order valence-corrected chi connectivity index (χ4v) is 4.59. The van der Waals surface area contributed by atoms with Crippen molar-refractivity contribution in [1.82, 2.24) is 5.43 Å². The summed E-state index contributed by atoms with van der Waals surface area (Å²) in [6.45, 7) is 6.67. The Morgan fingerprint density at radius 3 is 2.69 bits per heavy atom. The van der Waals surface area contributed by atoms with Gasteiger partial charge in [0.05, 0.1) is 12.8 Å². The molecule has 196 valence electrons. The maximum atomic E-state index is 12.6. The third-order valence-corrected chi connectivity index (χ3v) is 6.39. The molecular weight excluding hydrogens is 512 g/mol. The first-order valence-electron chi connectivity index (χ1n) is 12.6. The van der Waals surface area contributed by atoms with Crippen molar-refractivity contribution in [2.75, 3.05) is 6.61 Å². The van der Waals surface area contributed by atoms with Gasteiger partial charge in [-0.1, -0.05) is 60.1 Å². The van der Waals surface area contributed by atoms with Crippen molar-refractivity contribution >= 4 is 45.5 Å². The second kappa shape index (κ2) is 11.9. The lowest BCUT2D eigenvalue weighted by Gasteiger charge is -2.17. The molecular formula is C32H27ClN2O4. The number of rotatable bonds is 10. The van der Waals surface area contributed by atoms with Crippen LogP contribution in [0.1, 0.15) is 34.2 Å². The number of fused-ring (bicyclic) bond motifs is 2. The highest BCUT2D eigenvalue weighted by Crippen LogP contribution is 2.35. The highest BCUT2D eigenvalue weighted by atomic mass is 35.5. The summed E-state index contributed by atoms with van der Waals surface area (Å²) in [5.41, 5.74) is 5.81. The monoisotopic (exact) mass is 538 g/mol. The zero-order chi connectivity index (χ0) is 27.2. The molecule has 0 aliphatic carbocycles. The van der Waals surface area contributed by atoms with Crippen molar-refractivity contribution in [3.63, 3.8) is 0 Å². The first-order valence-corrected chi connectivity index (χ1v) is 13.0. The largest absolute Gasteiger partial charge is 0.490 e. The first-order chi connectivity index (χ1) is 19.1. The number of amides is 1. The van der Waals surface area contributed by atoms with Gasteiger partial charge in [0.1, 0.15) is 12.2 Å². The van der Waals surface area contributed by atoms with Crippen molar-refractivity contribution < 1.29 is 18.7 Å². The summed E-state index contributed by atoms with van der Waals surface area (Å²) in [4.78, 5) is 12.6. The van der Waals surface area contributed by atoms with Crippen LogP contribution in [0, 0.1) is 0 Å². The van der Waals surface area contributed by atoms with Crippen LogP contribution in [0.2, 0.25) is 5.02 Å². The molecule has 5 rings (SSSR count). The van der Waals surface area contributed by atoms with Crippen LogP contribution in [0.25, 0.3) is 21.7 Å². The molecule has 1 aromatic heterocycles. The van der Waals surface area contributed by atoms with Gasteiger partial charge in [0, 0.05) is 16.0 Å². The van der Waals surface area contributed by atoms with Gasteiger partial charge in [-0.25, -0.2) is 5.43 Å². The first kappa shape index (κ1) is 26.1. The van der Waals surface area contributed by atoms with Crippen LogP contribution >= 0.6 is 11.6 Å². The van der Waals surface area contributed by atoms with Gasteiger partial charge in [0.2, 0.25) is 0 Å². The molecule has 1 N–H and O–H groups in total. The average Bonchev–Trinajstić information content (AvgIpc) is 3.36. The Hall–Kier alpha value is -4.55. The molecule has 0 bridgehead atoms. The lowest BCUT2D eigenvalue weighted by Crippen LogP contribution is -2.16. The molecule has 0 radical (unpaired) electrons. The van der Waals surface area contributed by atoms with Gasteiger partial charge in [0.15, 0.2) is 17.3 Å². The molecule has 0 saturated carbocycles. The number of nitrogens with zero attached hydrogens (tertiary/aromatic N) is 1. The SMILES string of the molecule is C=CCc1cc(/C=N/NC(=O)c2cc3cc(Cl)ccc3o2)cc(OCC)c1OCc1cccc2ccccc12. The number of hydrogen-bond acceptors (Lipinski definition) is 5. The van der Waals surface area contributed by atoms with Crippen molar-refractivity contribution in [2.45, 2.75) is 20.0 Å². The van der Waals surface area contributed by atoms with E-state index in [-0.39, 0.29) is 5.76 Å². The van der Waals surface area contributed by atoms with Gasteiger partial charge in [-0.3, -0.25) is 4.79 Å². The maximum Gasteiger partial charge on any atom is 0.307 e. The molecule has 0 spiro atoms. The minimum absolute atomic E-state index is 0.143. The fourth-order valence-electron chi connectivity index (χ4n) is 4.41. The minimum atomic E-state index is -0.468. The number of furan rings is 1. The van der Waals surface area contributed by atoms with Crippen LogP contribution in [-0.4, -0.2) is 18.7 Å². The van der Waals surface area contributed by atoms with Gasteiger partial charge in [-0.2, -0.15) is 5.10 Å². The average molecular weight is 539 g/mol. The summed E-state index contributed by atoms with van der Waals surface area (Å²) in [6.07, 6.45) is 3.94. The Kier molecular flexibility index (Phi) is 7.94. The Labute approximate surface area is 231 Å². The molecule has 39 heavy (non-hydrogen) atoms. The molecule has 1 amide bonds. The van der Waals surface area contributed by atoms with E-state index in [0.29, 0.717) is 41.7 Å². The molecule has 5 aromatic rings. The summed E-state index contributed by atoms with van der Waals surface area (Å²) < 4.78 is 17.9. The third-order valence-electron chi connectivity index (χ3n) is 6.15. The van der Waals surface area contributed by atoms with Crippen LogP contribution in [-0.2, 0) is 13.0 Å². The Morgan fingerprint density at radius 1 is 1.00 bits per heavy atom. The summed E-state index contributed by atoms with van der Waals surface area (Å²) in [5.74, 6) is 0.930. The van der Waals surface area contributed by atoms with Crippen molar-refractivity contribution in [2.24, 2.45) is 5.10 Å². The number of nitrogens with one attached hydrogen (secondary N) is 1. The van der Waals surface area contributed by atoms with Crippen LogP contribution in [0.4, 0.5) is 0 Å². The van der Waals surface area contributed by atoms with E-state index in [1.807, 2.05) is 43.3 Å². The lowest BCUT2D eigenvalue weighted by atomic mass is 10.0. The topological polar surface area (TPSA) is 73.1 Å². The molecule has 1 heterocycles. The van der Waals surface area contributed by atoms with E-state index < -0.39 is 5.91 Å². The summed E-state index contributed by atoms with van der Waals surface area (Å²) >= 11 is 6.02. The van der Waals surface area contributed by atoms with Crippen LogP contribution < -0.4 is 14.9 Å². The lowest BCUT2D eigenvalue weighted by molar-refractivity contribution is 0.0929. The van der Waals surface area contributed by atoms with Crippen LogP contribution in [0.3, 0.4) is 0 Å². The van der Waals surface area contributed by atoms with Crippen molar-refractivity contribution in [1.29, 1.82) is 0 Å². The maximum absolute atomic E-state index is 12.6. The highest BCUT2D eigenvalue weighted by molar-refractivity contribution is 6.31. The zero-order valence-electron chi connectivity index (χ0n) is 21.4. The standard InChI is InChI=1S/C32H27ClN2O4/c1-3-8-23-15-21(19-34-35-32(36)30-18-25-17-26(33)13-14-28(25)39-30)16-29(37-4-2)31(23)38-20-24-11-7-10-22-9-5-6-12-27(22)24/h3,5-7,9-19H,1,4,8,20H2,2H3,(H,35,36)/b34-19+. The Morgan fingerprint density at radius 2 is 1.85 bits per heavy atom. The van der Waals surface area contributed by atoms with E-state index in [1.54, 1.807) is 30.5 Å². The number of hydrazone groups is 1. The molecule has 0 aliphatic rings. The van der Waals surface area contributed by atoms with Crippen LogP contribution in [0.5, 0.6) is 11.5 Å². The molecule has 7 heteroatoms. The summed E-state index contributed by atoms with van der Waals surface area (Å²) in [5, 5.41) is 7.75. The molecule has 6 nitrogen and oxygen atoms in total. The molecule has 4 aromatic carbocycles. The quantitative estimate of drug-likeness (QED) is 0.112. The Bertz CT molecular complexity index is 1680. The number of carbonyl (C=O) groups excluding carboxylic acids is 1. The van der Waals surface area contributed by atoms with Gasteiger partial charge in [-0.15, -0.1) is 6.58 Å². The predicted octanol–water partition coefficient (Wildman–Crippen LogP) is 7.71. The number of halogens is 1. The summed E-state index contributed by atoms with van der Waals surface area (Å²) in [6, 6.07) is 25.0. The summed E-state index contributed by atoms with van der Waals surface area (Å²) in [7, 11) is 0. The highest BCUT2D eigenvalue weighted by Gasteiger charge is 2.15. The molecule has 0 atom stereocenters. The normalized spacial score (nSPS) is 11.2. The Balaban J connectivity index is 1.36. The van der Waals surface area contributed by atoms with Gasteiger partial charge >= 0.3 is 5.91 Å². The van der Waals surface area contributed by atoms with Gasteiger partial charge < -0.3 is 13.9 Å². The minimum Gasteiger partial charge on any atom is -0.490 e. The fraction of sp³-hybridized carbons (Fsp3) is 0.125. The van der Waals surface area contributed by atoms with E-state index in [2.05, 4.69) is 41.4 Å². The van der Waals surface area contributed by atoms with Crippen molar-refractivity contribution in [3.8, 4) is 11.5 Å². The second-order valence-corrected chi connectivity index (χ2v) is 9.29. The zero-order valence-corrected chi connectivity index (χ0v) is 22.2. The molecule has 0 fully saturated rings. The number of carbonyl (C=O) groups is 1. The molecule has 0 unspecified atom stereocenters. The van der Waals surface area contributed by atoms with Gasteiger partial charge in [-0.05, 0) is 71.6 Å². The second-order valence-electron chi connectivity index (χ2n) is 8.85. The smallest absolute Gasteiger partial charge is 0.307 e. The number of hydrogen-bond donors (Lipinski definition) is 1. The molecule has 0 aliphatic heterocycles. The number of allylic oxidation sites excluding steroid dienone is 1. The third kappa shape index (κ3) is 5.97. The molecule has 0 saturated heterocycles. The van der Waals surface area contributed by atoms with E-state index in [4.69, 9.17) is 25.5 Å². The van der Waals surface area contributed by atoms with Crippen LogP contribution in [0.15, 0.2) is 101 Å². The number of benzene rings is 4. The van der Waals surface area contributed by atoms with Crippen molar-refractivity contribution in [3.05, 3.63) is 119 Å². The van der Waals surface area contributed by atoms with E-state index in [9.17, 15) is 4.79 Å². The van der Waals surface area contributed by atoms with E-state index in [0.717, 1.165) is 32.8 Å². The van der Waals surface area contributed by atoms with E-state index >= 15 is 0 Å².